The zero-order chi connectivity index (χ0) is 15.4. The van der Waals surface area contributed by atoms with Crippen LogP contribution in [0.15, 0.2) is 6.07 Å². The average Bonchev–Trinajstić information content (AvgIpc) is 2.77. The van der Waals surface area contributed by atoms with Gasteiger partial charge in [0.15, 0.2) is 0 Å². The molecule has 1 aliphatic heterocycles. The van der Waals surface area contributed by atoms with Gasteiger partial charge in [-0.25, -0.2) is 0 Å². The first kappa shape index (κ1) is 16.9. The number of rotatable bonds is 6. The van der Waals surface area contributed by atoms with Crippen molar-refractivity contribution in [2.75, 3.05) is 13.2 Å². The SMILES string of the molecule is CCC1COC(C)CN1Cc1cc(CNC(C)C)sc1C. The van der Waals surface area contributed by atoms with E-state index in [1.165, 1.54) is 15.3 Å². The molecule has 0 aromatic carbocycles. The van der Waals surface area contributed by atoms with E-state index in [1.54, 1.807) is 0 Å². The molecular formula is C17H30N2OS. The third kappa shape index (κ3) is 4.78. The normalized spacial score (nSPS) is 23.9. The van der Waals surface area contributed by atoms with Gasteiger partial charge in [0, 0.05) is 41.5 Å². The Morgan fingerprint density at radius 2 is 2.24 bits per heavy atom. The summed E-state index contributed by atoms with van der Waals surface area (Å²) in [6.45, 7) is 15.1. The van der Waals surface area contributed by atoms with Crippen molar-refractivity contribution in [1.82, 2.24) is 10.2 Å². The van der Waals surface area contributed by atoms with Gasteiger partial charge in [-0.3, -0.25) is 4.90 Å². The summed E-state index contributed by atoms with van der Waals surface area (Å²) in [5, 5.41) is 3.51. The molecule has 0 aliphatic carbocycles. The maximum Gasteiger partial charge on any atom is 0.0674 e. The summed E-state index contributed by atoms with van der Waals surface area (Å²) in [6.07, 6.45) is 1.52. The highest BCUT2D eigenvalue weighted by atomic mass is 32.1. The van der Waals surface area contributed by atoms with Gasteiger partial charge in [-0.15, -0.1) is 11.3 Å². The van der Waals surface area contributed by atoms with Crippen LogP contribution in [-0.2, 0) is 17.8 Å². The quantitative estimate of drug-likeness (QED) is 0.869. The van der Waals surface area contributed by atoms with Crippen LogP contribution < -0.4 is 5.32 Å². The largest absolute Gasteiger partial charge is 0.376 e. The van der Waals surface area contributed by atoms with E-state index in [4.69, 9.17) is 4.74 Å². The van der Waals surface area contributed by atoms with E-state index in [2.05, 4.69) is 50.9 Å². The van der Waals surface area contributed by atoms with Gasteiger partial charge in [0.2, 0.25) is 0 Å². The Bertz CT molecular complexity index is 444. The smallest absolute Gasteiger partial charge is 0.0674 e. The molecule has 3 nitrogen and oxygen atoms in total. The molecule has 0 bridgehead atoms. The first-order valence-corrected chi connectivity index (χ1v) is 8.98. The minimum atomic E-state index is 0.355. The molecular weight excluding hydrogens is 280 g/mol. The van der Waals surface area contributed by atoms with Gasteiger partial charge in [-0.05, 0) is 31.9 Å². The molecule has 0 saturated carbocycles. The average molecular weight is 311 g/mol. The number of hydrogen-bond donors (Lipinski definition) is 1. The van der Waals surface area contributed by atoms with Crippen molar-refractivity contribution >= 4 is 11.3 Å². The predicted molar refractivity (Wildman–Crippen MR) is 90.9 cm³/mol. The van der Waals surface area contributed by atoms with Crippen molar-refractivity contribution in [3.63, 3.8) is 0 Å². The third-order valence-corrected chi connectivity index (χ3v) is 5.27. The minimum Gasteiger partial charge on any atom is -0.376 e. The molecule has 21 heavy (non-hydrogen) atoms. The van der Waals surface area contributed by atoms with E-state index in [0.717, 1.165) is 32.7 Å². The van der Waals surface area contributed by atoms with Crippen molar-refractivity contribution in [2.24, 2.45) is 0 Å². The van der Waals surface area contributed by atoms with Crippen LogP contribution in [0.25, 0.3) is 0 Å². The summed E-state index contributed by atoms with van der Waals surface area (Å²) < 4.78 is 5.80. The standard InChI is InChI=1S/C17H30N2OS/c1-6-16-11-20-13(4)9-19(16)10-15-7-17(21-14(15)5)8-18-12(2)3/h7,12-13,16,18H,6,8-11H2,1-5H3. The second kappa shape index (κ2) is 7.73. The number of morpholine rings is 1. The highest BCUT2D eigenvalue weighted by Gasteiger charge is 2.26. The molecule has 2 heterocycles. The molecule has 1 aromatic heterocycles. The molecule has 1 saturated heterocycles. The number of aryl methyl sites for hydroxylation is 1. The second-order valence-electron chi connectivity index (χ2n) is 6.47. The maximum atomic E-state index is 5.80. The van der Waals surface area contributed by atoms with Crippen LogP contribution in [-0.4, -0.2) is 36.2 Å². The molecule has 1 aliphatic rings. The van der Waals surface area contributed by atoms with Gasteiger partial charge in [-0.1, -0.05) is 20.8 Å². The Kier molecular flexibility index (Phi) is 6.23. The Hall–Kier alpha value is -0.420. The molecule has 0 spiro atoms. The summed E-state index contributed by atoms with van der Waals surface area (Å²) in [4.78, 5) is 5.51. The third-order valence-electron chi connectivity index (χ3n) is 4.18. The minimum absolute atomic E-state index is 0.355. The fourth-order valence-electron chi connectivity index (χ4n) is 2.84. The summed E-state index contributed by atoms with van der Waals surface area (Å²) in [5.41, 5.74) is 1.49. The van der Waals surface area contributed by atoms with Gasteiger partial charge < -0.3 is 10.1 Å². The number of nitrogens with zero attached hydrogens (tertiary/aromatic N) is 1. The molecule has 1 fully saturated rings. The second-order valence-corrected chi connectivity index (χ2v) is 7.81. The number of ether oxygens (including phenoxy) is 1. The predicted octanol–water partition coefficient (Wildman–Crippen LogP) is 3.55. The zero-order valence-corrected chi connectivity index (χ0v) is 14.9. The van der Waals surface area contributed by atoms with Crippen molar-refractivity contribution in [3.05, 3.63) is 21.4 Å². The molecule has 0 radical (unpaired) electrons. The summed E-state index contributed by atoms with van der Waals surface area (Å²) in [6, 6.07) is 3.50. The van der Waals surface area contributed by atoms with E-state index in [1.807, 2.05) is 11.3 Å². The molecule has 2 atom stereocenters. The lowest BCUT2D eigenvalue weighted by atomic mass is 10.1. The lowest BCUT2D eigenvalue weighted by Crippen LogP contribution is -2.47. The van der Waals surface area contributed by atoms with Gasteiger partial charge >= 0.3 is 0 Å². The fraction of sp³-hybridized carbons (Fsp3) is 0.765. The van der Waals surface area contributed by atoms with Crippen LogP contribution in [0, 0.1) is 6.92 Å². The molecule has 1 N–H and O–H groups in total. The lowest BCUT2D eigenvalue weighted by molar-refractivity contribution is -0.0592. The molecule has 4 heteroatoms. The van der Waals surface area contributed by atoms with E-state index in [9.17, 15) is 0 Å². The lowest BCUT2D eigenvalue weighted by Gasteiger charge is -2.38. The van der Waals surface area contributed by atoms with Crippen molar-refractivity contribution in [1.29, 1.82) is 0 Å². The van der Waals surface area contributed by atoms with Crippen LogP contribution in [0.4, 0.5) is 0 Å². The Balaban J connectivity index is 2.00. The van der Waals surface area contributed by atoms with Gasteiger partial charge in [-0.2, -0.15) is 0 Å². The fourth-order valence-corrected chi connectivity index (χ4v) is 3.84. The van der Waals surface area contributed by atoms with Crippen LogP contribution >= 0.6 is 11.3 Å². The molecule has 2 unspecified atom stereocenters. The highest BCUT2D eigenvalue weighted by molar-refractivity contribution is 7.12. The van der Waals surface area contributed by atoms with Gasteiger partial charge in [0.1, 0.15) is 0 Å². The zero-order valence-electron chi connectivity index (χ0n) is 14.1. The Morgan fingerprint density at radius 3 is 2.90 bits per heavy atom. The molecule has 120 valence electrons. The molecule has 0 amide bonds. The molecule has 1 aromatic rings. The van der Waals surface area contributed by atoms with E-state index < -0.39 is 0 Å². The summed E-state index contributed by atoms with van der Waals surface area (Å²) in [7, 11) is 0. The van der Waals surface area contributed by atoms with Crippen molar-refractivity contribution < 1.29 is 4.74 Å². The van der Waals surface area contributed by atoms with E-state index in [-0.39, 0.29) is 0 Å². The summed E-state index contributed by atoms with van der Waals surface area (Å²) in [5.74, 6) is 0. The highest BCUT2D eigenvalue weighted by Crippen LogP contribution is 2.25. The van der Waals surface area contributed by atoms with Crippen molar-refractivity contribution in [2.45, 2.75) is 72.3 Å². The Morgan fingerprint density at radius 1 is 1.48 bits per heavy atom. The van der Waals surface area contributed by atoms with Crippen LogP contribution in [0.3, 0.4) is 0 Å². The van der Waals surface area contributed by atoms with Gasteiger partial charge in [0.25, 0.3) is 0 Å². The topological polar surface area (TPSA) is 24.5 Å². The number of thiophene rings is 1. The first-order chi connectivity index (χ1) is 9.99. The van der Waals surface area contributed by atoms with Crippen molar-refractivity contribution in [3.8, 4) is 0 Å². The first-order valence-electron chi connectivity index (χ1n) is 8.16. The number of nitrogens with one attached hydrogen (secondary N) is 1. The van der Waals surface area contributed by atoms with Crippen LogP contribution in [0.1, 0.15) is 49.4 Å². The summed E-state index contributed by atoms with van der Waals surface area (Å²) >= 11 is 1.93. The van der Waals surface area contributed by atoms with Crippen LogP contribution in [0.2, 0.25) is 0 Å². The monoisotopic (exact) mass is 310 g/mol. The van der Waals surface area contributed by atoms with Gasteiger partial charge in [0.05, 0.1) is 12.7 Å². The number of hydrogen-bond acceptors (Lipinski definition) is 4. The van der Waals surface area contributed by atoms with E-state index in [0.29, 0.717) is 18.2 Å². The Labute approximate surface area is 133 Å². The maximum absolute atomic E-state index is 5.80. The van der Waals surface area contributed by atoms with E-state index >= 15 is 0 Å². The molecule has 2 rings (SSSR count). The van der Waals surface area contributed by atoms with Crippen LogP contribution in [0.5, 0.6) is 0 Å².